The van der Waals surface area contributed by atoms with Crippen molar-refractivity contribution in [3.05, 3.63) is 35.1 Å². The van der Waals surface area contributed by atoms with E-state index in [1.165, 1.54) is 6.92 Å². The summed E-state index contributed by atoms with van der Waals surface area (Å²) in [4.78, 5) is 10.8. The van der Waals surface area contributed by atoms with Crippen LogP contribution in [0.2, 0.25) is 0 Å². The lowest BCUT2D eigenvalue weighted by molar-refractivity contribution is -0.138. The molecular weight excluding hydrogens is 323 g/mol. The van der Waals surface area contributed by atoms with Crippen molar-refractivity contribution in [1.82, 2.24) is 0 Å². The molecule has 1 N–H and O–H groups in total. The van der Waals surface area contributed by atoms with Crippen molar-refractivity contribution in [2.75, 3.05) is 0 Å². The summed E-state index contributed by atoms with van der Waals surface area (Å²) in [5.41, 5.74) is -1.44. The van der Waals surface area contributed by atoms with Crippen molar-refractivity contribution in [2.45, 2.75) is 29.8 Å². The van der Waals surface area contributed by atoms with Crippen molar-refractivity contribution < 1.29 is 27.5 Å². The van der Waals surface area contributed by atoms with Gasteiger partial charge >= 0.3 is 12.1 Å². The van der Waals surface area contributed by atoms with Crippen molar-refractivity contribution in [1.29, 1.82) is 0 Å². The zero-order valence-electron chi connectivity index (χ0n) is 10.1. The maximum Gasteiger partial charge on any atom is 0.416 e. The molecule has 0 saturated heterocycles. The molecule has 1 rings (SSSR count). The van der Waals surface area contributed by atoms with Gasteiger partial charge in [-0.25, -0.2) is 4.39 Å². The van der Waals surface area contributed by atoms with Gasteiger partial charge in [-0.15, -0.1) is 23.2 Å². The summed E-state index contributed by atoms with van der Waals surface area (Å²) in [5, 5.41) is 8.77. The minimum Gasteiger partial charge on any atom is -0.481 e. The molecule has 112 valence electrons. The Morgan fingerprint density at radius 3 is 2.25 bits per heavy atom. The molecule has 8 heteroatoms. The van der Waals surface area contributed by atoms with Crippen LogP contribution in [-0.4, -0.2) is 15.4 Å². The molecule has 0 fully saturated rings. The number of carboxylic acids is 1. The molecule has 1 aromatic carbocycles. The second kappa shape index (κ2) is 5.77. The van der Waals surface area contributed by atoms with Gasteiger partial charge in [0.1, 0.15) is 10.2 Å². The predicted molar refractivity (Wildman–Crippen MR) is 66.5 cm³/mol. The Hall–Kier alpha value is -1.01. The molecule has 0 aliphatic carbocycles. The first-order valence-corrected chi connectivity index (χ1v) is 6.14. The van der Waals surface area contributed by atoms with Crippen LogP contribution in [0.25, 0.3) is 0 Å². The van der Waals surface area contributed by atoms with Crippen molar-refractivity contribution in [3.63, 3.8) is 0 Å². The Morgan fingerprint density at radius 1 is 1.30 bits per heavy atom. The summed E-state index contributed by atoms with van der Waals surface area (Å²) >= 11 is 11.6. The summed E-state index contributed by atoms with van der Waals surface area (Å²) in [5.74, 6) is -3.62. The molecule has 0 spiro atoms. The van der Waals surface area contributed by atoms with Crippen LogP contribution in [0.1, 0.15) is 30.4 Å². The standard InChI is InChI=1S/C12H10Cl2F4O2/c1-11(13,14)9(5-10(19)20)6-2-7(12(16,17)18)4-8(15)3-6/h2-4,9H,5H2,1H3,(H,19,20). The van der Waals surface area contributed by atoms with Gasteiger partial charge in [-0.1, -0.05) is 0 Å². The number of aliphatic carboxylic acids is 1. The topological polar surface area (TPSA) is 37.3 Å². The number of alkyl halides is 5. The molecular formula is C12H10Cl2F4O2. The SMILES string of the molecule is CC(Cl)(Cl)C(CC(=O)O)c1cc(F)cc(C(F)(F)F)c1. The Kier molecular flexibility index (Phi) is 4.92. The molecule has 0 aliphatic heterocycles. The zero-order chi connectivity index (χ0) is 15.7. The van der Waals surface area contributed by atoms with E-state index in [-0.39, 0.29) is 5.56 Å². The van der Waals surface area contributed by atoms with Crippen LogP contribution in [0, 0.1) is 5.82 Å². The van der Waals surface area contributed by atoms with Crippen LogP contribution >= 0.6 is 23.2 Å². The number of carbonyl (C=O) groups is 1. The summed E-state index contributed by atoms with van der Waals surface area (Å²) in [6.45, 7) is 1.24. The molecule has 0 saturated carbocycles. The van der Waals surface area contributed by atoms with E-state index in [0.29, 0.717) is 12.1 Å². The van der Waals surface area contributed by atoms with Gasteiger partial charge in [-0.05, 0) is 30.7 Å². The average Bonchev–Trinajstić information content (AvgIpc) is 2.22. The Balaban J connectivity index is 3.34. The molecule has 1 aromatic rings. The van der Waals surface area contributed by atoms with Crippen LogP contribution in [0.4, 0.5) is 17.6 Å². The average molecular weight is 333 g/mol. The molecule has 1 atom stereocenters. The van der Waals surface area contributed by atoms with Gasteiger partial charge in [0.15, 0.2) is 0 Å². The van der Waals surface area contributed by atoms with E-state index in [4.69, 9.17) is 28.3 Å². The molecule has 0 radical (unpaired) electrons. The third-order valence-corrected chi connectivity index (χ3v) is 3.17. The van der Waals surface area contributed by atoms with Gasteiger partial charge in [-0.3, -0.25) is 4.79 Å². The van der Waals surface area contributed by atoms with Gasteiger partial charge in [0.2, 0.25) is 0 Å². The maximum atomic E-state index is 13.3. The Bertz CT molecular complexity index is 509. The van der Waals surface area contributed by atoms with Crippen LogP contribution in [0.15, 0.2) is 18.2 Å². The lowest BCUT2D eigenvalue weighted by Gasteiger charge is -2.26. The third kappa shape index (κ3) is 4.52. The largest absolute Gasteiger partial charge is 0.481 e. The summed E-state index contributed by atoms with van der Waals surface area (Å²) in [7, 11) is 0. The number of hydrogen-bond acceptors (Lipinski definition) is 1. The van der Waals surface area contributed by atoms with Gasteiger partial charge in [0.05, 0.1) is 12.0 Å². The summed E-state index contributed by atoms with van der Waals surface area (Å²) in [6.07, 6.45) is -5.37. The van der Waals surface area contributed by atoms with Crippen LogP contribution in [-0.2, 0) is 11.0 Å². The molecule has 0 bridgehead atoms. The fourth-order valence-electron chi connectivity index (χ4n) is 1.74. The lowest BCUT2D eigenvalue weighted by Crippen LogP contribution is -2.23. The maximum absolute atomic E-state index is 13.3. The van der Waals surface area contributed by atoms with E-state index in [2.05, 4.69) is 0 Å². The fraction of sp³-hybridized carbons (Fsp3) is 0.417. The van der Waals surface area contributed by atoms with Crippen LogP contribution in [0.3, 0.4) is 0 Å². The number of halogens is 6. The number of hydrogen-bond donors (Lipinski definition) is 1. The van der Waals surface area contributed by atoms with E-state index in [1.54, 1.807) is 0 Å². The smallest absolute Gasteiger partial charge is 0.416 e. The highest BCUT2D eigenvalue weighted by Gasteiger charge is 2.36. The highest BCUT2D eigenvalue weighted by Crippen LogP contribution is 2.41. The highest BCUT2D eigenvalue weighted by molar-refractivity contribution is 6.48. The summed E-state index contributed by atoms with van der Waals surface area (Å²) < 4.78 is 49.5. The zero-order valence-corrected chi connectivity index (χ0v) is 11.7. The lowest BCUT2D eigenvalue weighted by atomic mass is 9.91. The van der Waals surface area contributed by atoms with Crippen LogP contribution in [0.5, 0.6) is 0 Å². The van der Waals surface area contributed by atoms with Gasteiger partial charge < -0.3 is 5.11 Å². The van der Waals surface area contributed by atoms with Crippen molar-refractivity contribution in [2.24, 2.45) is 0 Å². The van der Waals surface area contributed by atoms with E-state index in [1.807, 2.05) is 0 Å². The van der Waals surface area contributed by atoms with E-state index in [9.17, 15) is 22.4 Å². The molecule has 1 unspecified atom stereocenters. The number of benzene rings is 1. The van der Waals surface area contributed by atoms with Crippen LogP contribution < -0.4 is 0 Å². The van der Waals surface area contributed by atoms with Crippen molar-refractivity contribution >= 4 is 29.2 Å². The number of carboxylic acid groups (broad SMARTS) is 1. The highest BCUT2D eigenvalue weighted by atomic mass is 35.5. The molecule has 0 aromatic heterocycles. The summed E-state index contributed by atoms with van der Waals surface area (Å²) in [6, 6.07) is 1.77. The second-order valence-electron chi connectivity index (χ2n) is 4.38. The Labute approximate surface area is 122 Å². The predicted octanol–water partition coefficient (Wildman–Crippen LogP) is 4.60. The fourth-order valence-corrected chi connectivity index (χ4v) is 2.15. The minimum atomic E-state index is -4.75. The monoisotopic (exact) mass is 332 g/mol. The number of rotatable bonds is 4. The Morgan fingerprint density at radius 2 is 1.85 bits per heavy atom. The van der Waals surface area contributed by atoms with Gasteiger partial charge in [0.25, 0.3) is 0 Å². The first kappa shape index (κ1) is 17.0. The van der Waals surface area contributed by atoms with Gasteiger partial charge in [0, 0.05) is 5.92 Å². The first-order valence-electron chi connectivity index (χ1n) is 5.38. The van der Waals surface area contributed by atoms with E-state index < -0.39 is 40.2 Å². The quantitative estimate of drug-likeness (QED) is 0.646. The first-order chi connectivity index (χ1) is 8.91. The minimum absolute atomic E-state index is 0.216. The molecule has 0 heterocycles. The normalized spacial score (nSPS) is 14.2. The van der Waals surface area contributed by atoms with E-state index >= 15 is 0 Å². The third-order valence-electron chi connectivity index (χ3n) is 2.64. The molecule has 20 heavy (non-hydrogen) atoms. The van der Waals surface area contributed by atoms with Crippen molar-refractivity contribution in [3.8, 4) is 0 Å². The molecule has 0 amide bonds. The molecule has 0 aliphatic rings. The van der Waals surface area contributed by atoms with Gasteiger partial charge in [-0.2, -0.15) is 13.2 Å². The van der Waals surface area contributed by atoms with E-state index in [0.717, 1.165) is 6.07 Å². The molecule has 2 nitrogen and oxygen atoms in total. The second-order valence-corrected chi connectivity index (χ2v) is 6.14.